The van der Waals surface area contributed by atoms with Gasteiger partial charge in [0.2, 0.25) is 29.5 Å². The van der Waals surface area contributed by atoms with Crippen molar-refractivity contribution in [3.8, 4) is 11.1 Å². The highest BCUT2D eigenvalue weighted by atomic mass is 35.5. The van der Waals surface area contributed by atoms with Crippen molar-refractivity contribution < 1.29 is 47.8 Å². The molecule has 6 aromatic rings. The molecule has 3 aliphatic rings. The standard InChI is InChI=1S/C79H97ClN6O10S2/c1-52(85(9)75(92)70(53(2)95-77(3,4)5)84-76(93)94-50-63-61-38-24-22-36-59(61)60-37-23-25-39-62(60)63)71(88)83-68(51-97-98-78(6,7)8)73(90)81-66(48-54-30-16-13-17-31-54)72(89)82-67(74(91)86-46-28-15-29-47-86)49-69(87)96-79(57-34-20-14-21-35-57,64-40-26-27-41-65(64)80)58-44-42-56(43-45-58)55-32-18-11-10-12-19-33-55/h13-14,16-17,20-27,30-31,34-45,52-53,55,63,66-68,70H,10-12,15,18-19,28-29,32-33,46-51H2,1-9H3,(H,81,90)(H,82,89)(H,83,88)(H,84,93)/t52-,53+,66-,67-,68-,70-,79?/m0/s1. The van der Waals surface area contributed by atoms with Gasteiger partial charge in [-0.05, 0) is 112 Å². The van der Waals surface area contributed by atoms with E-state index in [4.69, 9.17) is 25.8 Å². The molecular formula is C79H97ClN6O10S2. The predicted octanol–water partition coefficient (Wildman–Crippen LogP) is 14.2. The van der Waals surface area contributed by atoms with Gasteiger partial charge in [-0.3, -0.25) is 28.8 Å². The van der Waals surface area contributed by atoms with E-state index in [9.17, 15) is 14.4 Å². The molecule has 6 amide bonds. The monoisotopic (exact) mass is 1390 g/mol. The summed E-state index contributed by atoms with van der Waals surface area (Å²) < 4.78 is 18.9. The minimum atomic E-state index is -1.62. The zero-order chi connectivity index (χ0) is 70.2. The Hall–Kier alpha value is -7.64. The van der Waals surface area contributed by atoms with Gasteiger partial charge in [0, 0.05) is 64.7 Å². The van der Waals surface area contributed by atoms with E-state index in [1.807, 2.05) is 181 Å². The Morgan fingerprint density at radius 1 is 0.602 bits per heavy atom. The smallest absolute Gasteiger partial charge is 0.407 e. The fraction of sp³-hybridized carbons (Fsp3) is 0.456. The summed E-state index contributed by atoms with van der Waals surface area (Å²) in [7, 11) is 4.29. The predicted molar refractivity (Wildman–Crippen MR) is 391 cm³/mol. The molecule has 1 aliphatic heterocycles. The molecule has 2 fully saturated rings. The van der Waals surface area contributed by atoms with Crippen LogP contribution < -0.4 is 21.3 Å². The second kappa shape index (κ2) is 34.4. The van der Waals surface area contributed by atoms with Crippen LogP contribution in [0.2, 0.25) is 5.02 Å². The van der Waals surface area contributed by atoms with Gasteiger partial charge in [0.05, 0.1) is 18.1 Å². The number of nitrogens with zero attached hydrogens (tertiary/aromatic N) is 2. The summed E-state index contributed by atoms with van der Waals surface area (Å²) >= 11 is 7.18. The molecule has 98 heavy (non-hydrogen) atoms. The van der Waals surface area contributed by atoms with Crippen LogP contribution in [0.1, 0.15) is 177 Å². The van der Waals surface area contributed by atoms with Crippen molar-refractivity contribution in [2.24, 2.45) is 0 Å². The van der Waals surface area contributed by atoms with Crippen LogP contribution in [0.15, 0.2) is 158 Å². The van der Waals surface area contributed by atoms with Crippen LogP contribution in [0.5, 0.6) is 0 Å². The number of esters is 1. The molecule has 0 radical (unpaired) electrons. The quantitative estimate of drug-likeness (QED) is 0.0228. The average molecular weight is 1390 g/mol. The van der Waals surface area contributed by atoms with Crippen LogP contribution in [-0.4, -0.2) is 131 Å². The van der Waals surface area contributed by atoms with Crippen molar-refractivity contribution in [3.63, 3.8) is 0 Å². The minimum Gasteiger partial charge on any atom is -0.449 e. The van der Waals surface area contributed by atoms with Crippen LogP contribution in [0.25, 0.3) is 11.1 Å². The van der Waals surface area contributed by atoms with E-state index in [0.29, 0.717) is 46.3 Å². The van der Waals surface area contributed by atoms with Gasteiger partial charge >= 0.3 is 12.1 Å². The maximum atomic E-state index is 15.4. The zero-order valence-corrected chi connectivity index (χ0v) is 60.5. The van der Waals surface area contributed by atoms with Crippen molar-refractivity contribution >= 4 is 74.8 Å². The fourth-order valence-electron chi connectivity index (χ4n) is 13.5. The van der Waals surface area contributed by atoms with E-state index in [1.54, 1.807) is 17.9 Å². The van der Waals surface area contributed by atoms with Gasteiger partial charge < -0.3 is 45.3 Å². The van der Waals surface area contributed by atoms with E-state index in [1.165, 1.54) is 65.3 Å². The molecule has 7 atom stereocenters. The second-order valence-electron chi connectivity index (χ2n) is 28.1. The first-order valence-electron chi connectivity index (χ1n) is 34.6. The maximum Gasteiger partial charge on any atom is 0.407 e. The SMILES string of the molecule is C[C@@H](OC(C)(C)C)[C@H](NC(=O)OCC1c2ccccc2-c2ccccc21)C(=O)N(C)[C@@H](C)C(=O)N[C@@H](CSSC(C)(C)C)C(=O)N[C@@H](Cc1ccccc1)C(=O)N[C@@H](CC(=O)OC(c1ccccc1)(c1ccc(C2CCCCCCC2)cc1)c1ccccc1Cl)C(=O)N1CCCCC1. The van der Waals surface area contributed by atoms with E-state index >= 15 is 19.2 Å². The third-order valence-corrected chi connectivity index (χ3v) is 22.2. The van der Waals surface area contributed by atoms with Gasteiger partial charge in [-0.1, -0.05) is 238 Å². The molecule has 1 saturated heterocycles. The molecule has 4 N–H and O–H groups in total. The Bertz CT molecular complexity index is 3640. The topological polar surface area (TPSA) is 202 Å². The van der Waals surface area contributed by atoms with E-state index in [0.717, 1.165) is 67.2 Å². The number of likely N-dealkylation sites (tertiary alicyclic amines) is 1. The lowest BCUT2D eigenvalue weighted by atomic mass is 9.78. The second-order valence-corrected chi connectivity index (χ2v) is 31.7. The number of nitrogens with one attached hydrogen (secondary N) is 4. The number of fused-ring (bicyclic) bond motifs is 3. The summed E-state index contributed by atoms with van der Waals surface area (Å²) in [6.07, 6.45) is 8.17. The molecule has 0 bridgehead atoms. The van der Waals surface area contributed by atoms with Crippen LogP contribution >= 0.6 is 33.2 Å². The molecule has 6 aromatic carbocycles. The average Bonchev–Trinajstić information content (AvgIpc) is 1.17. The number of carbonyl (C=O) groups is 7. The van der Waals surface area contributed by atoms with Crippen molar-refractivity contribution in [3.05, 3.63) is 202 Å². The fourth-order valence-corrected chi connectivity index (χ4v) is 16.2. The first kappa shape index (κ1) is 74.6. The van der Waals surface area contributed by atoms with Crippen LogP contribution in [0.4, 0.5) is 4.79 Å². The zero-order valence-electron chi connectivity index (χ0n) is 58.1. The third kappa shape index (κ3) is 19.6. The van der Waals surface area contributed by atoms with Gasteiger partial charge in [-0.25, -0.2) is 4.79 Å². The summed E-state index contributed by atoms with van der Waals surface area (Å²) in [5, 5.41) is 11.9. The first-order valence-corrected chi connectivity index (χ1v) is 37.3. The number of amides is 6. The van der Waals surface area contributed by atoms with Gasteiger partial charge in [0.15, 0.2) is 5.60 Å². The van der Waals surface area contributed by atoms with Crippen LogP contribution in [0, 0.1) is 0 Å². The Labute approximate surface area is 592 Å². The molecule has 1 unspecified atom stereocenters. The summed E-state index contributed by atoms with van der Waals surface area (Å²) in [5.74, 6) is -3.91. The summed E-state index contributed by atoms with van der Waals surface area (Å²) in [4.78, 5) is 107. The number of likely N-dealkylation sites (N-methyl/N-ethyl adjacent to an activating group) is 1. The largest absolute Gasteiger partial charge is 0.449 e. The number of carbonyl (C=O) groups excluding carboxylic acids is 7. The van der Waals surface area contributed by atoms with E-state index < -0.39 is 95.5 Å². The van der Waals surface area contributed by atoms with Crippen molar-refractivity contribution in [2.75, 3.05) is 32.5 Å². The van der Waals surface area contributed by atoms with Crippen LogP contribution in [-0.2, 0) is 55.0 Å². The molecule has 16 nitrogen and oxygen atoms in total. The number of halogens is 1. The molecule has 2 aliphatic carbocycles. The molecule has 9 rings (SSSR count). The first-order chi connectivity index (χ1) is 46.9. The van der Waals surface area contributed by atoms with Gasteiger partial charge in [0.25, 0.3) is 0 Å². The Kier molecular flexibility index (Phi) is 26.2. The third-order valence-electron chi connectivity index (χ3n) is 18.5. The normalized spacial score (nSPS) is 16.9. The highest BCUT2D eigenvalue weighted by molar-refractivity contribution is 8.77. The molecule has 0 aromatic heterocycles. The van der Waals surface area contributed by atoms with Crippen molar-refractivity contribution in [1.82, 2.24) is 31.1 Å². The number of piperidine rings is 1. The van der Waals surface area contributed by atoms with Crippen molar-refractivity contribution in [2.45, 2.75) is 197 Å². The van der Waals surface area contributed by atoms with Gasteiger partial charge in [0.1, 0.15) is 36.8 Å². The number of alkyl carbamates (subject to hydrolysis) is 1. The molecule has 1 saturated carbocycles. The lowest BCUT2D eigenvalue weighted by Crippen LogP contribution is -2.61. The lowest BCUT2D eigenvalue weighted by molar-refractivity contribution is -0.156. The number of hydrogen-bond acceptors (Lipinski definition) is 12. The molecule has 1 heterocycles. The van der Waals surface area contributed by atoms with Crippen molar-refractivity contribution in [1.29, 1.82) is 0 Å². The Morgan fingerprint density at radius 3 is 1.74 bits per heavy atom. The molecule has 19 heteroatoms. The maximum absolute atomic E-state index is 15.4. The molecule has 0 spiro atoms. The Balaban J connectivity index is 0.964. The number of benzene rings is 6. The molecule has 522 valence electrons. The molecular weight excluding hydrogens is 1290 g/mol. The minimum absolute atomic E-state index is 0.00427. The van der Waals surface area contributed by atoms with E-state index in [2.05, 4.69) is 33.4 Å². The van der Waals surface area contributed by atoms with Gasteiger partial charge in [-0.2, -0.15) is 0 Å². The highest BCUT2D eigenvalue weighted by Crippen LogP contribution is 2.46. The van der Waals surface area contributed by atoms with Crippen LogP contribution in [0.3, 0.4) is 0 Å². The lowest BCUT2D eigenvalue weighted by Gasteiger charge is -2.37. The summed E-state index contributed by atoms with van der Waals surface area (Å²) in [5.41, 5.74) is 5.47. The number of rotatable bonds is 26. The van der Waals surface area contributed by atoms with Gasteiger partial charge in [-0.15, -0.1) is 0 Å². The number of hydrogen-bond donors (Lipinski definition) is 4. The van der Waals surface area contributed by atoms with E-state index in [-0.39, 0.29) is 29.4 Å². The Morgan fingerprint density at radius 2 is 1.13 bits per heavy atom. The number of ether oxygens (including phenoxy) is 3. The summed E-state index contributed by atoms with van der Waals surface area (Å²) in [6.45, 7) is 15.5. The summed E-state index contributed by atoms with van der Waals surface area (Å²) in [6, 6.07) is 43.3. The highest BCUT2D eigenvalue weighted by Gasteiger charge is 2.45.